The van der Waals surface area contributed by atoms with E-state index in [1.54, 1.807) is 48.5 Å². The number of methoxy groups -OCH3 is 1. The third-order valence-corrected chi connectivity index (χ3v) is 4.52. The molecule has 0 aliphatic heterocycles. The van der Waals surface area contributed by atoms with Crippen LogP contribution in [-0.2, 0) is 15.1 Å². The van der Waals surface area contributed by atoms with Crippen LogP contribution in [0.25, 0.3) is 0 Å². The first-order valence-corrected chi connectivity index (χ1v) is 8.68. The second kappa shape index (κ2) is 8.21. The average molecular weight is 398 g/mol. The van der Waals surface area contributed by atoms with Gasteiger partial charge in [-0.3, -0.25) is 10.1 Å². The van der Waals surface area contributed by atoms with Gasteiger partial charge in [0.25, 0.3) is 5.69 Å². The summed E-state index contributed by atoms with van der Waals surface area (Å²) in [5.74, 6) is -0.686. The van der Waals surface area contributed by atoms with Crippen LogP contribution in [0.1, 0.15) is 11.1 Å². The van der Waals surface area contributed by atoms with Gasteiger partial charge in [-0.25, -0.2) is 4.79 Å². The van der Waals surface area contributed by atoms with Crippen LogP contribution >= 0.6 is 11.6 Å². The van der Waals surface area contributed by atoms with Gasteiger partial charge in [0, 0.05) is 18.2 Å². The van der Waals surface area contributed by atoms with Crippen LogP contribution in [-0.4, -0.2) is 18.0 Å². The Balaban J connectivity index is 2.08. The molecule has 0 saturated carbocycles. The Morgan fingerprint density at radius 2 is 1.61 bits per heavy atom. The van der Waals surface area contributed by atoms with Crippen LogP contribution in [0.5, 0.6) is 5.75 Å². The zero-order valence-corrected chi connectivity index (χ0v) is 15.6. The number of carbonyl (C=O) groups excluding carboxylic acids is 1. The summed E-state index contributed by atoms with van der Waals surface area (Å²) in [7, 11) is 1.40. The van der Waals surface area contributed by atoms with E-state index in [1.807, 2.05) is 6.07 Å². The first-order chi connectivity index (χ1) is 13.5. The second-order valence-corrected chi connectivity index (χ2v) is 6.34. The fourth-order valence-corrected chi connectivity index (χ4v) is 3.04. The maximum absolute atomic E-state index is 13.3. The summed E-state index contributed by atoms with van der Waals surface area (Å²) in [6, 6.07) is 20.9. The number of nitrogens with zero attached hydrogens (tertiary/aromatic N) is 1. The fraction of sp³-hybridized carbons (Fsp3) is 0.0952. The molecule has 0 aliphatic carbocycles. The molecule has 1 atom stereocenters. The molecule has 0 N–H and O–H groups in total. The van der Waals surface area contributed by atoms with E-state index in [4.69, 9.17) is 21.1 Å². The number of rotatable bonds is 6. The zero-order valence-electron chi connectivity index (χ0n) is 14.9. The molecule has 0 fully saturated rings. The van der Waals surface area contributed by atoms with Gasteiger partial charge >= 0.3 is 5.97 Å². The van der Waals surface area contributed by atoms with Crippen LogP contribution in [0.15, 0.2) is 78.9 Å². The predicted molar refractivity (Wildman–Crippen MR) is 104 cm³/mol. The largest absolute Gasteiger partial charge is 0.424 e. The van der Waals surface area contributed by atoms with Crippen LogP contribution < -0.4 is 4.74 Å². The highest BCUT2D eigenvalue weighted by molar-refractivity contribution is 6.30. The standard InChI is InChI=1S/C21H16ClNO5/c1-27-21(15-6-3-2-4-7-15,16-10-12-17(22)13-11-16)20(24)28-19-9-5-8-18(14-19)23(25)26/h2-14H,1H3. The average Bonchev–Trinajstić information content (AvgIpc) is 2.71. The molecule has 0 amide bonds. The normalized spacial score (nSPS) is 12.8. The highest BCUT2D eigenvalue weighted by Crippen LogP contribution is 2.36. The third kappa shape index (κ3) is 3.74. The molecule has 6 nitrogen and oxygen atoms in total. The Morgan fingerprint density at radius 1 is 0.964 bits per heavy atom. The lowest BCUT2D eigenvalue weighted by Gasteiger charge is -2.31. The summed E-state index contributed by atoms with van der Waals surface area (Å²) in [5, 5.41) is 11.5. The van der Waals surface area contributed by atoms with E-state index in [0.717, 1.165) is 0 Å². The maximum atomic E-state index is 13.3. The van der Waals surface area contributed by atoms with Gasteiger partial charge in [0.1, 0.15) is 5.75 Å². The van der Waals surface area contributed by atoms with Crippen molar-refractivity contribution in [1.29, 1.82) is 0 Å². The van der Waals surface area contributed by atoms with Crippen LogP contribution in [0, 0.1) is 10.1 Å². The minimum atomic E-state index is -1.57. The van der Waals surface area contributed by atoms with E-state index in [1.165, 1.54) is 31.4 Å². The molecule has 1 unspecified atom stereocenters. The van der Waals surface area contributed by atoms with Crippen molar-refractivity contribution < 1.29 is 19.2 Å². The number of hydrogen-bond acceptors (Lipinski definition) is 5. The van der Waals surface area contributed by atoms with E-state index >= 15 is 0 Å². The van der Waals surface area contributed by atoms with Gasteiger partial charge in [0.15, 0.2) is 0 Å². The van der Waals surface area contributed by atoms with E-state index in [9.17, 15) is 14.9 Å². The molecular formula is C21H16ClNO5. The Kier molecular flexibility index (Phi) is 5.73. The van der Waals surface area contributed by atoms with Gasteiger partial charge in [-0.15, -0.1) is 0 Å². The fourth-order valence-electron chi connectivity index (χ4n) is 2.92. The molecule has 142 valence electrons. The number of non-ortho nitro benzene ring substituents is 1. The SMILES string of the molecule is COC(C(=O)Oc1cccc([N+](=O)[O-])c1)(c1ccccc1)c1ccc(Cl)cc1. The molecule has 3 aromatic rings. The molecule has 0 aliphatic rings. The molecule has 7 heteroatoms. The Bertz CT molecular complexity index is 991. The summed E-state index contributed by atoms with van der Waals surface area (Å²) < 4.78 is 11.2. The molecular weight excluding hydrogens is 382 g/mol. The predicted octanol–water partition coefficient (Wildman–Crippen LogP) is 4.74. The molecule has 3 aromatic carbocycles. The van der Waals surface area contributed by atoms with Gasteiger partial charge < -0.3 is 9.47 Å². The van der Waals surface area contributed by atoms with Crippen molar-refractivity contribution in [3.05, 3.63) is 105 Å². The van der Waals surface area contributed by atoms with Crippen LogP contribution in [0.3, 0.4) is 0 Å². The molecule has 0 radical (unpaired) electrons. The molecule has 0 aromatic heterocycles. The number of nitro groups is 1. The topological polar surface area (TPSA) is 78.7 Å². The van der Waals surface area contributed by atoms with Crippen molar-refractivity contribution in [3.8, 4) is 5.75 Å². The molecule has 0 heterocycles. The van der Waals surface area contributed by atoms with E-state index in [2.05, 4.69) is 0 Å². The minimum Gasteiger partial charge on any atom is -0.424 e. The van der Waals surface area contributed by atoms with Gasteiger partial charge in [0.2, 0.25) is 5.60 Å². The smallest absolute Gasteiger partial charge is 0.353 e. The Morgan fingerprint density at radius 3 is 2.21 bits per heavy atom. The zero-order chi connectivity index (χ0) is 20.1. The molecule has 0 spiro atoms. The minimum absolute atomic E-state index is 0.0468. The summed E-state index contributed by atoms with van der Waals surface area (Å²) in [4.78, 5) is 23.7. The second-order valence-electron chi connectivity index (χ2n) is 5.90. The highest BCUT2D eigenvalue weighted by Gasteiger charge is 2.44. The lowest BCUT2D eigenvalue weighted by atomic mass is 9.86. The van der Waals surface area contributed by atoms with Crippen molar-refractivity contribution in [2.45, 2.75) is 5.60 Å². The van der Waals surface area contributed by atoms with Crippen molar-refractivity contribution in [2.75, 3.05) is 7.11 Å². The number of ether oxygens (including phenoxy) is 2. The molecule has 0 saturated heterocycles. The first-order valence-electron chi connectivity index (χ1n) is 8.31. The van der Waals surface area contributed by atoms with Crippen LogP contribution in [0.4, 0.5) is 5.69 Å². The number of esters is 1. The van der Waals surface area contributed by atoms with E-state index in [-0.39, 0.29) is 11.4 Å². The van der Waals surface area contributed by atoms with Crippen LogP contribution in [0.2, 0.25) is 5.02 Å². The van der Waals surface area contributed by atoms with Gasteiger partial charge in [-0.05, 0) is 29.3 Å². The number of hydrogen-bond donors (Lipinski definition) is 0. The number of carbonyl (C=O) groups is 1. The summed E-state index contributed by atoms with van der Waals surface area (Å²) in [5.41, 5.74) is -0.688. The maximum Gasteiger partial charge on any atom is 0.353 e. The number of benzene rings is 3. The van der Waals surface area contributed by atoms with Crippen molar-refractivity contribution >= 4 is 23.3 Å². The Labute approximate surface area is 166 Å². The van der Waals surface area contributed by atoms with Gasteiger partial charge in [0.05, 0.1) is 11.0 Å². The summed E-state index contributed by atoms with van der Waals surface area (Å²) in [6.45, 7) is 0. The Hall–Kier alpha value is -3.22. The first kappa shape index (κ1) is 19.5. The summed E-state index contributed by atoms with van der Waals surface area (Å²) in [6.07, 6.45) is 0. The van der Waals surface area contributed by atoms with Crippen molar-refractivity contribution in [1.82, 2.24) is 0 Å². The molecule has 3 rings (SSSR count). The quantitative estimate of drug-likeness (QED) is 0.260. The monoisotopic (exact) mass is 397 g/mol. The number of nitro benzene ring substituents is 1. The van der Waals surface area contributed by atoms with Crippen molar-refractivity contribution in [2.24, 2.45) is 0 Å². The molecule has 0 bridgehead atoms. The van der Waals surface area contributed by atoms with E-state index in [0.29, 0.717) is 16.1 Å². The lowest BCUT2D eigenvalue weighted by molar-refractivity contribution is -0.384. The third-order valence-electron chi connectivity index (χ3n) is 4.26. The van der Waals surface area contributed by atoms with Gasteiger partial charge in [-0.2, -0.15) is 0 Å². The van der Waals surface area contributed by atoms with E-state index < -0.39 is 16.5 Å². The summed E-state index contributed by atoms with van der Waals surface area (Å²) >= 11 is 5.99. The molecule has 28 heavy (non-hydrogen) atoms. The lowest BCUT2D eigenvalue weighted by Crippen LogP contribution is -2.42. The number of halogens is 1. The van der Waals surface area contributed by atoms with Crippen molar-refractivity contribution in [3.63, 3.8) is 0 Å². The highest BCUT2D eigenvalue weighted by atomic mass is 35.5. The van der Waals surface area contributed by atoms with Gasteiger partial charge in [-0.1, -0.05) is 60.1 Å².